The van der Waals surface area contributed by atoms with Crippen LogP contribution in [0, 0.1) is 17.5 Å². The third kappa shape index (κ3) is 6.89. The van der Waals surface area contributed by atoms with Gasteiger partial charge in [-0.05, 0) is 44.9 Å². The molecule has 1 aliphatic heterocycles. The van der Waals surface area contributed by atoms with Gasteiger partial charge in [0, 0.05) is 37.8 Å². The fraction of sp³-hybridized carbons (Fsp3) is 0.500. The maximum atomic E-state index is 14.2. The molecule has 1 aromatic carbocycles. The van der Waals surface area contributed by atoms with Crippen molar-refractivity contribution in [1.82, 2.24) is 20.0 Å². The summed E-state index contributed by atoms with van der Waals surface area (Å²) in [4.78, 5) is 26.3. The number of alkyl carbamates (subject to hydrolysis) is 1. The van der Waals surface area contributed by atoms with Crippen LogP contribution in [0.15, 0.2) is 24.4 Å². The van der Waals surface area contributed by atoms with Crippen molar-refractivity contribution >= 4 is 12.0 Å². The minimum atomic E-state index is -4.58. The molecular weight excluding hydrogens is 482 g/mol. The zero-order valence-electron chi connectivity index (χ0n) is 19.1. The number of carbonyl (C=O) groups is 2. The lowest BCUT2D eigenvalue weighted by Gasteiger charge is -2.40. The topological polar surface area (TPSA) is 76.5 Å². The minimum Gasteiger partial charge on any atom is -0.444 e. The van der Waals surface area contributed by atoms with Crippen LogP contribution in [-0.2, 0) is 22.1 Å². The molecule has 0 radical (unpaired) electrons. The summed E-state index contributed by atoms with van der Waals surface area (Å²) < 4.78 is 85.6. The van der Waals surface area contributed by atoms with Gasteiger partial charge in [0.15, 0.2) is 17.3 Å². The Bertz CT molecular complexity index is 1090. The highest BCUT2D eigenvalue weighted by Gasteiger charge is 2.37. The van der Waals surface area contributed by atoms with E-state index in [1.807, 2.05) is 0 Å². The number of amides is 2. The maximum absolute atomic E-state index is 14.2. The van der Waals surface area contributed by atoms with Crippen molar-refractivity contribution in [3.63, 3.8) is 0 Å². The van der Waals surface area contributed by atoms with Gasteiger partial charge in [0.25, 0.3) is 0 Å². The predicted molar refractivity (Wildman–Crippen MR) is 111 cm³/mol. The average molecular weight is 506 g/mol. The Hall–Kier alpha value is -3.25. The fourth-order valence-corrected chi connectivity index (χ4v) is 3.49. The molecule has 1 unspecified atom stereocenters. The van der Waals surface area contributed by atoms with E-state index >= 15 is 0 Å². The van der Waals surface area contributed by atoms with E-state index in [1.54, 1.807) is 20.8 Å². The lowest BCUT2D eigenvalue weighted by atomic mass is 10.0. The van der Waals surface area contributed by atoms with Gasteiger partial charge >= 0.3 is 12.3 Å². The second-order valence-corrected chi connectivity index (χ2v) is 9.24. The first-order valence-electron chi connectivity index (χ1n) is 10.7. The molecule has 13 heteroatoms. The summed E-state index contributed by atoms with van der Waals surface area (Å²) in [6, 6.07) is 0.361. The zero-order chi connectivity index (χ0) is 26.1. The van der Waals surface area contributed by atoms with Gasteiger partial charge in [-0.25, -0.2) is 18.0 Å². The SMILES string of the molecule is CC(C)(C)OC(=O)NC(CC(=O)N1CC(n2ccc(C(F)(F)F)n2)C1)Cc1cc(F)c(F)cc1F. The number of aromatic nitrogens is 2. The molecule has 1 atom stereocenters. The van der Waals surface area contributed by atoms with Gasteiger partial charge in [-0.1, -0.05) is 0 Å². The molecule has 0 bridgehead atoms. The predicted octanol–water partition coefficient (Wildman–Crippen LogP) is 4.23. The lowest BCUT2D eigenvalue weighted by molar-refractivity contribution is -0.143. The first kappa shape index (κ1) is 26.4. The quantitative estimate of drug-likeness (QED) is 0.470. The Morgan fingerprint density at radius 1 is 1.11 bits per heavy atom. The minimum absolute atomic E-state index is 0.0799. The first-order chi connectivity index (χ1) is 16.1. The van der Waals surface area contributed by atoms with Crippen molar-refractivity contribution in [3.8, 4) is 0 Å². The van der Waals surface area contributed by atoms with Crippen molar-refractivity contribution in [1.29, 1.82) is 0 Å². The third-order valence-corrected chi connectivity index (χ3v) is 5.19. The molecule has 1 fully saturated rings. The molecule has 2 heterocycles. The molecule has 3 rings (SSSR count). The fourth-order valence-electron chi connectivity index (χ4n) is 3.49. The molecule has 1 saturated heterocycles. The number of halogens is 6. The number of benzene rings is 1. The Morgan fingerprint density at radius 3 is 2.31 bits per heavy atom. The van der Waals surface area contributed by atoms with Crippen LogP contribution in [0.25, 0.3) is 0 Å². The number of likely N-dealkylation sites (tertiary alicyclic amines) is 1. The molecule has 0 spiro atoms. The van der Waals surface area contributed by atoms with E-state index < -0.39 is 59.0 Å². The van der Waals surface area contributed by atoms with Crippen molar-refractivity contribution in [2.45, 2.75) is 57.5 Å². The molecule has 1 aliphatic rings. The number of nitrogens with zero attached hydrogens (tertiary/aromatic N) is 3. The van der Waals surface area contributed by atoms with Crippen LogP contribution in [0.4, 0.5) is 31.1 Å². The molecule has 192 valence electrons. The van der Waals surface area contributed by atoms with Crippen LogP contribution in [0.3, 0.4) is 0 Å². The summed E-state index contributed by atoms with van der Waals surface area (Å²) in [6.45, 7) is 5.00. The second kappa shape index (κ2) is 9.78. The van der Waals surface area contributed by atoms with E-state index in [9.17, 15) is 35.9 Å². The van der Waals surface area contributed by atoms with Gasteiger partial charge in [0.05, 0.1) is 6.04 Å². The number of nitrogens with one attached hydrogen (secondary N) is 1. The summed E-state index contributed by atoms with van der Waals surface area (Å²) >= 11 is 0. The van der Waals surface area contributed by atoms with E-state index in [1.165, 1.54) is 11.1 Å². The Morgan fingerprint density at radius 2 is 1.74 bits per heavy atom. The van der Waals surface area contributed by atoms with Crippen molar-refractivity contribution in [3.05, 3.63) is 53.1 Å². The summed E-state index contributed by atoms with van der Waals surface area (Å²) in [7, 11) is 0. The monoisotopic (exact) mass is 506 g/mol. The van der Waals surface area contributed by atoms with Crippen LogP contribution in [0.1, 0.15) is 44.5 Å². The molecule has 2 amide bonds. The highest BCUT2D eigenvalue weighted by Crippen LogP contribution is 2.29. The van der Waals surface area contributed by atoms with E-state index in [0.717, 1.165) is 10.7 Å². The molecule has 7 nitrogen and oxygen atoms in total. The van der Waals surface area contributed by atoms with Gasteiger partial charge < -0.3 is 15.0 Å². The van der Waals surface area contributed by atoms with Crippen LogP contribution in [0.5, 0.6) is 0 Å². The number of ether oxygens (including phenoxy) is 1. The molecule has 0 saturated carbocycles. The van der Waals surface area contributed by atoms with Crippen LogP contribution in [-0.4, -0.2) is 51.4 Å². The maximum Gasteiger partial charge on any atom is 0.435 e. The molecule has 1 aromatic heterocycles. The van der Waals surface area contributed by atoms with Crippen molar-refractivity contribution in [2.75, 3.05) is 13.1 Å². The van der Waals surface area contributed by atoms with Crippen molar-refractivity contribution in [2.24, 2.45) is 0 Å². The van der Waals surface area contributed by atoms with E-state index in [0.29, 0.717) is 12.1 Å². The Labute approximate surface area is 197 Å². The standard InChI is InChI=1S/C22H24F6N4O3/c1-21(2,3)35-20(34)29-13(6-12-7-16(24)17(25)9-15(12)23)8-19(33)31-10-14(11-31)32-5-4-18(30-32)22(26,27)28/h4-5,7,9,13-14H,6,8,10-11H2,1-3H3,(H,29,34). The molecule has 35 heavy (non-hydrogen) atoms. The van der Waals surface area contributed by atoms with Gasteiger partial charge in [-0.15, -0.1) is 0 Å². The Balaban J connectivity index is 1.66. The zero-order valence-corrected chi connectivity index (χ0v) is 19.1. The number of hydrogen-bond donors (Lipinski definition) is 1. The van der Waals surface area contributed by atoms with Crippen LogP contribution in [0.2, 0.25) is 0 Å². The highest BCUT2D eigenvalue weighted by atomic mass is 19.4. The van der Waals surface area contributed by atoms with Gasteiger partial charge in [-0.3, -0.25) is 9.48 Å². The molecule has 2 aromatic rings. The van der Waals surface area contributed by atoms with E-state index in [2.05, 4.69) is 10.4 Å². The number of hydrogen-bond acceptors (Lipinski definition) is 4. The largest absolute Gasteiger partial charge is 0.444 e. The number of alkyl halides is 3. The summed E-state index contributed by atoms with van der Waals surface area (Å²) in [6.07, 6.45) is -4.97. The molecule has 1 N–H and O–H groups in total. The number of carbonyl (C=O) groups excluding carboxylic acids is 2. The Kier molecular flexibility index (Phi) is 7.37. The van der Waals surface area contributed by atoms with E-state index in [-0.39, 0.29) is 31.5 Å². The smallest absolute Gasteiger partial charge is 0.435 e. The van der Waals surface area contributed by atoms with Gasteiger partial charge in [0.1, 0.15) is 11.4 Å². The number of rotatable bonds is 6. The van der Waals surface area contributed by atoms with Gasteiger partial charge in [-0.2, -0.15) is 18.3 Å². The summed E-state index contributed by atoms with van der Waals surface area (Å²) in [5, 5.41) is 5.93. The van der Waals surface area contributed by atoms with Crippen molar-refractivity contribution < 1.29 is 40.7 Å². The van der Waals surface area contributed by atoms with Gasteiger partial charge in [0.2, 0.25) is 5.91 Å². The summed E-state index contributed by atoms with van der Waals surface area (Å²) in [5.41, 5.74) is -2.16. The molecule has 0 aliphatic carbocycles. The molecular formula is C22H24F6N4O3. The third-order valence-electron chi connectivity index (χ3n) is 5.19. The average Bonchev–Trinajstić information content (AvgIpc) is 3.13. The first-order valence-corrected chi connectivity index (χ1v) is 10.7. The summed E-state index contributed by atoms with van der Waals surface area (Å²) in [5.74, 6) is -4.19. The van der Waals surface area contributed by atoms with E-state index in [4.69, 9.17) is 4.74 Å². The second-order valence-electron chi connectivity index (χ2n) is 9.24. The lowest BCUT2D eigenvalue weighted by Crippen LogP contribution is -2.53. The normalized spacial score (nSPS) is 15.5. The van der Waals surface area contributed by atoms with Crippen LogP contribution < -0.4 is 5.32 Å². The van der Waals surface area contributed by atoms with Crippen LogP contribution >= 0.6 is 0 Å². The highest BCUT2D eigenvalue weighted by molar-refractivity contribution is 5.79.